The molecule has 0 radical (unpaired) electrons. The Kier molecular flexibility index (Phi) is 43.8. The van der Waals surface area contributed by atoms with E-state index in [0.29, 0.717) is 25.7 Å². The molecule has 1 aromatic carbocycles. The number of rotatable bonds is 50. The predicted octanol–water partition coefficient (Wildman–Crippen LogP) is -1.03. The first-order valence-corrected chi connectivity index (χ1v) is 37.4. The summed E-state index contributed by atoms with van der Waals surface area (Å²) in [6.07, 6.45) is -14.0. The highest BCUT2D eigenvalue weighted by Crippen LogP contribution is 2.40. The number of esters is 9. The normalized spacial score (nSPS) is 25.0. The number of aliphatic hydroxyl groups excluding tert-OH is 1. The van der Waals surface area contributed by atoms with Crippen molar-refractivity contribution in [2.24, 2.45) is 0 Å². The van der Waals surface area contributed by atoms with Crippen molar-refractivity contribution in [3.8, 4) is 17.2 Å². The molecular weight excluding hydrogens is 1540 g/mol. The molecule has 1 saturated carbocycles. The van der Waals surface area contributed by atoms with E-state index in [1.165, 1.54) is 32.9 Å². The highest BCUT2D eigenvalue weighted by molar-refractivity contribution is 5.96. The molecule has 42 nitrogen and oxygen atoms in total. The average Bonchev–Trinajstić information content (AvgIpc) is 0.799. The third-order valence-corrected chi connectivity index (χ3v) is 16.6. The topological polar surface area (TPSA) is 512 Å². The van der Waals surface area contributed by atoms with Gasteiger partial charge in [-0.2, -0.15) is 0 Å². The van der Waals surface area contributed by atoms with Crippen molar-refractivity contribution >= 4 is 77.4 Å². The van der Waals surface area contributed by atoms with Crippen molar-refractivity contribution in [2.75, 3.05) is 139 Å². The highest BCUT2D eigenvalue weighted by Gasteiger charge is 2.54. The summed E-state index contributed by atoms with van der Waals surface area (Å²) in [5.74, 6) is -8.69. The molecule has 3 saturated heterocycles. The number of carbonyl (C=O) groups excluding carboxylic acids is 13. The van der Waals surface area contributed by atoms with Crippen molar-refractivity contribution in [2.45, 2.75) is 213 Å². The number of carbonyl (C=O) groups is 13. The van der Waals surface area contributed by atoms with Gasteiger partial charge in [-0.1, -0.05) is 0 Å². The Balaban J connectivity index is 1.25. The number of ether oxygens (including phenoxy) is 24. The lowest BCUT2D eigenvalue weighted by Gasteiger charge is -2.44. The van der Waals surface area contributed by atoms with Gasteiger partial charge >= 0.3 is 53.7 Å². The second kappa shape index (κ2) is 52.0. The lowest BCUT2D eigenvalue weighted by atomic mass is 9.93. The largest absolute Gasteiger partial charge is 0.487 e. The fourth-order valence-corrected chi connectivity index (χ4v) is 12.1. The van der Waals surface area contributed by atoms with Crippen LogP contribution in [0.15, 0.2) is 12.1 Å². The van der Waals surface area contributed by atoms with E-state index < -0.39 is 195 Å². The maximum Gasteiger partial charge on any atom is 0.303 e. The quantitative estimate of drug-likeness (QED) is 0.0296. The Morgan fingerprint density at radius 1 is 0.330 bits per heavy atom. The summed E-state index contributed by atoms with van der Waals surface area (Å²) < 4.78 is 138. The summed E-state index contributed by atoms with van der Waals surface area (Å²) >= 11 is 0. The van der Waals surface area contributed by atoms with E-state index in [4.69, 9.17) is 114 Å². The second-order valence-electron chi connectivity index (χ2n) is 26.3. The van der Waals surface area contributed by atoms with E-state index in [1.54, 1.807) is 0 Å². The van der Waals surface area contributed by atoms with Crippen LogP contribution in [-0.2, 0) is 157 Å². The Morgan fingerprint density at radius 2 is 0.591 bits per heavy atom. The molecule has 0 spiro atoms. The van der Waals surface area contributed by atoms with Crippen LogP contribution in [0, 0.1) is 0 Å². The zero-order valence-corrected chi connectivity index (χ0v) is 66.7. The molecule has 4 amide bonds. The van der Waals surface area contributed by atoms with Crippen molar-refractivity contribution in [3.05, 3.63) is 17.7 Å². The first-order valence-electron chi connectivity index (χ1n) is 37.4. The van der Waals surface area contributed by atoms with E-state index in [0.717, 1.165) is 62.3 Å². The summed E-state index contributed by atoms with van der Waals surface area (Å²) in [6, 6.07) is -0.917. The Hall–Kier alpha value is -8.79. The van der Waals surface area contributed by atoms with Gasteiger partial charge in [-0.05, 0) is 37.8 Å². The van der Waals surface area contributed by atoms with E-state index in [-0.39, 0.29) is 148 Å². The number of benzene rings is 1. The molecule has 5 N–H and O–H groups in total. The van der Waals surface area contributed by atoms with E-state index >= 15 is 0 Å². The van der Waals surface area contributed by atoms with Crippen LogP contribution in [-0.4, -0.2) is 325 Å². The van der Waals surface area contributed by atoms with Gasteiger partial charge in [-0.3, -0.25) is 62.3 Å². The van der Waals surface area contributed by atoms with Crippen LogP contribution in [0.3, 0.4) is 0 Å². The number of hydrogen-bond donors (Lipinski definition) is 5. The first kappa shape index (κ1) is 96.8. The fourth-order valence-electron chi connectivity index (χ4n) is 12.1. The smallest absolute Gasteiger partial charge is 0.303 e. The number of amides is 4. The maximum atomic E-state index is 14.1. The van der Waals surface area contributed by atoms with Gasteiger partial charge in [0.25, 0.3) is 5.91 Å². The third-order valence-electron chi connectivity index (χ3n) is 16.6. The minimum absolute atomic E-state index is 0.0283. The lowest BCUT2D eigenvalue weighted by molar-refractivity contribution is -0.279. The average molecular weight is 1650 g/mol. The van der Waals surface area contributed by atoms with Crippen molar-refractivity contribution < 1.29 is 181 Å². The molecule has 650 valence electrons. The predicted molar refractivity (Wildman–Crippen MR) is 383 cm³/mol. The molecule has 3 heterocycles. The lowest BCUT2D eigenvalue weighted by Crippen LogP contribution is -2.66. The SMILES string of the molecule is CC(=O)N[C@H]1[C@H](OCCOCCOCCOc2cc(C(=O)N[C@H]3CC[C@H](O)CC3)cc(OCCOCCOCCOC3O[C@H](COC(C)=O)[C@H](OC(C)=O)[C@H](OC(C)=O)[C@H]3NC(C)=O)c2OCCOCCOCCO[C@@H]2O[C@H](COC(C)=O)[C@H](OC(C)=O)[C@H](OC(C)=O)[C@H]2NC(C)=O)O[C@H](COC(C)=O)[C@H](OC(C)=O)[C@@H]1OC(C)=O. The number of nitrogens with one attached hydrogen (secondary N) is 4. The Labute approximate surface area is 664 Å². The van der Waals surface area contributed by atoms with Crippen molar-refractivity contribution in [1.82, 2.24) is 21.3 Å². The van der Waals surface area contributed by atoms with Gasteiger partial charge in [0.05, 0.1) is 105 Å². The molecule has 5 rings (SSSR count). The minimum atomic E-state index is -1.33. The zero-order chi connectivity index (χ0) is 84.5. The molecule has 15 atom stereocenters. The van der Waals surface area contributed by atoms with Crippen LogP contribution in [0.25, 0.3) is 0 Å². The second-order valence-corrected chi connectivity index (χ2v) is 26.3. The van der Waals surface area contributed by atoms with Crippen LogP contribution in [0.2, 0.25) is 0 Å². The molecular formula is C73H110N4O38. The summed E-state index contributed by atoms with van der Waals surface area (Å²) in [4.78, 5) is 160. The summed E-state index contributed by atoms with van der Waals surface area (Å²) in [5.41, 5.74) is 0.118. The van der Waals surface area contributed by atoms with Crippen molar-refractivity contribution in [1.29, 1.82) is 0 Å². The fraction of sp³-hybridized carbons (Fsp3) is 0.740. The first-order chi connectivity index (χ1) is 54.8. The molecule has 4 aliphatic rings. The maximum absolute atomic E-state index is 14.1. The molecule has 1 aromatic rings. The standard InChI is InChI=1S/C73H110N4O38/c1-40(78)74-60-67(110-49(10)87)64(107-46(7)84)57(37-104-43(4)81)113-71(60)101-32-26-95-20-17-92-23-29-98-55-35-52(70(91)77-53-13-15-54(90)16-14-53)36-56(99-30-24-93-18-21-96-27-33-102-72-61(75-41(2)79)68(111-50(11)88)65(108-47(8)85)58(114-72)38-105-44(5)82)63(55)100-31-25-94-19-22-97-28-34-103-73-62(76-42(3)80)69(112-51(12)89)66(109-48(9)86)59(115-73)39-106-45(6)83/h35-36,53-54,57-62,64-69,71-73,90H,13-34,37-39H2,1-12H3,(H,74,78)(H,75,79)(H,76,80)(H,77,91)/t53-,54-,57-,58-,59-,60-,61-,62-,64+,65+,66+,67-,68-,69-,71-,72?,73-/m1/s1. The molecule has 3 aliphatic heterocycles. The summed E-state index contributed by atoms with van der Waals surface area (Å²) in [7, 11) is 0. The van der Waals surface area contributed by atoms with Gasteiger partial charge in [-0.15, -0.1) is 0 Å². The highest BCUT2D eigenvalue weighted by atomic mass is 16.7. The van der Waals surface area contributed by atoms with Crippen LogP contribution >= 0.6 is 0 Å². The van der Waals surface area contributed by atoms with Gasteiger partial charge in [0, 0.05) is 94.7 Å². The van der Waals surface area contributed by atoms with Crippen molar-refractivity contribution in [3.63, 3.8) is 0 Å². The number of hydrogen-bond acceptors (Lipinski definition) is 38. The molecule has 1 aliphatic carbocycles. The van der Waals surface area contributed by atoms with Gasteiger partial charge in [0.2, 0.25) is 23.5 Å². The molecule has 0 aromatic heterocycles. The van der Waals surface area contributed by atoms with Gasteiger partial charge in [0.1, 0.15) is 76.1 Å². The molecule has 115 heavy (non-hydrogen) atoms. The van der Waals surface area contributed by atoms with E-state index in [1.807, 2.05) is 0 Å². The van der Waals surface area contributed by atoms with Crippen LogP contribution in [0.1, 0.15) is 119 Å². The van der Waals surface area contributed by atoms with Crippen LogP contribution in [0.5, 0.6) is 17.2 Å². The molecule has 1 unspecified atom stereocenters. The molecule has 0 bridgehead atoms. The van der Waals surface area contributed by atoms with E-state index in [2.05, 4.69) is 21.3 Å². The minimum Gasteiger partial charge on any atom is -0.487 e. The van der Waals surface area contributed by atoms with Crippen LogP contribution in [0.4, 0.5) is 0 Å². The third kappa shape index (κ3) is 36.5. The zero-order valence-electron chi connectivity index (χ0n) is 66.7. The summed E-state index contributed by atoms with van der Waals surface area (Å²) in [5, 5.41) is 21.1. The van der Waals surface area contributed by atoms with Gasteiger partial charge < -0.3 is 140 Å². The van der Waals surface area contributed by atoms with Gasteiger partial charge in [-0.25, -0.2) is 0 Å². The monoisotopic (exact) mass is 1650 g/mol. The Morgan fingerprint density at radius 3 is 0.861 bits per heavy atom. The van der Waals surface area contributed by atoms with E-state index in [9.17, 15) is 67.4 Å². The number of aliphatic hydroxyl groups is 1. The Bertz CT molecular complexity index is 3150. The van der Waals surface area contributed by atoms with Gasteiger partial charge in [0.15, 0.2) is 67.0 Å². The molecule has 42 heteroatoms. The summed E-state index contributed by atoms with van der Waals surface area (Å²) in [6.45, 7) is 11.6. The van der Waals surface area contributed by atoms with Crippen LogP contribution < -0.4 is 35.5 Å². The molecule has 4 fully saturated rings.